The molecular weight excluding hydrogens is 134 g/mol. The SMILES string of the molecule is COCCCNC(=O)OC. The fourth-order valence-electron chi connectivity index (χ4n) is 0.479. The van der Waals surface area contributed by atoms with Crippen molar-refractivity contribution in [3.63, 3.8) is 0 Å². The van der Waals surface area contributed by atoms with E-state index in [2.05, 4.69) is 10.1 Å². The second-order valence-corrected chi connectivity index (χ2v) is 1.76. The van der Waals surface area contributed by atoms with Crippen LogP contribution in [0, 0.1) is 0 Å². The molecule has 0 spiro atoms. The zero-order valence-electron chi connectivity index (χ0n) is 6.35. The highest BCUT2D eigenvalue weighted by Gasteiger charge is 1.94. The minimum atomic E-state index is -0.392. The molecule has 0 fully saturated rings. The number of nitrogens with one attached hydrogen (secondary N) is 1. The van der Waals surface area contributed by atoms with E-state index in [1.165, 1.54) is 7.11 Å². The van der Waals surface area contributed by atoms with Crippen LogP contribution in [0.15, 0.2) is 0 Å². The van der Waals surface area contributed by atoms with Gasteiger partial charge in [0.05, 0.1) is 7.11 Å². The van der Waals surface area contributed by atoms with Crippen LogP contribution in [0.5, 0.6) is 0 Å². The number of carbonyl (C=O) groups excluding carboxylic acids is 1. The van der Waals surface area contributed by atoms with Crippen LogP contribution in [0.25, 0.3) is 0 Å². The van der Waals surface area contributed by atoms with Crippen LogP contribution in [0.3, 0.4) is 0 Å². The van der Waals surface area contributed by atoms with Crippen molar-refractivity contribution in [2.75, 3.05) is 27.4 Å². The van der Waals surface area contributed by atoms with E-state index in [0.29, 0.717) is 13.2 Å². The molecule has 0 aliphatic heterocycles. The minimum Gasteiger partial charge on any atom is -0.453 e. The first-order chi connectivity index (χ1) is 4.81. The average molecular weight is 147 g/mol. The van der Waals surface area contributed by atoms with Crippen LogP contribution in [0.1, 0.15) is 6.42 Å². The highest BCUT2D eigenvalue weighted by Crippen LogP contribution is 1.77. The first-order valence-corrected chi connectivity index (χ1v) is 3.12. The number of methoxy groups -OCH3 is 2. The standard InChI is InChI=1S/C6H13NO3/c1-9-5-3-4-7-6(8)10-2/h3-5H2,1-2H3,(H,7,8). The van der Waals surface area contributed by atoms with Crippen molar-refractivity contribution in [2.24, 2.45) is 0 Å². The molecule has 4 heteroatoms. The monoisotopic (exact) mass is 147 g/mol. The highest BCUT2D eigenvalue weighted by molar-refractivity contribution is 5.66. The zero-order valence-corrected chi connectivity index (χ0v) is 6.35. The second-order valence-electron chi connectivity index (χ2n) is 1.76. The van der Waals surface area contributed by atoms with E-state index in [-0.39, 0.29) is 0 Å². The normalized spacial score (nSPS) is 9.00. The van der Waals surface area contributed by atoms with Gasteiger partial charge in [0.2, 0.25) is 0 Å². The molecule has 0 aromatic carbocycles. The maximum Gasteiger partial charge on any atom is 0.406 e. The number of carbonyl (C=O) groups is 1. The van der Waals surface area contributed by atoms with Gasteiger partial charge in [0.15, 0.2) is 0 Å². The number of rotatable bonds is 4. The van der Waals surface area contributed by atoms with Gasteiger partial charge in [-0.1, -0.05) is 0 Å². The van der Waals surface area contributed by atoms with Crippen LogP contribution in [-0.2, 0) is 9.47 Å². The smallest absolute Gasteiger partial charge is 0.406 e. The van der Waals surface area contributed by atoms with Gasteiger partial charge >= 0.3 is 6.09 Å². The third-order valence-electron chi connectivity index (χ3n) is 0.980. The molecule has 0 unspecified atom stereocenters. The van der Waals surface area contributed by atoms with Gasteiger partial charge in [0, 0.05) is 20.3 Å². The number of hydrogen-bond acceptors (Lipinski definition) is 3. The molecule has 0 saturated carbocycles. The molecule has 4 nitrogen and oxygen atoms in total. The summed E-state index contributed by atoms with van der Waals surface area (Å²) in [5.41, 5.74) is 0. The largest absolute Gasteiger partial charge is 0.453 e. The molecule has 0 aliphatic rings. The van der Waals surface area contributed by atoms with Gasteiger partial charge in [-0.25, -0.2) is 4.79 Å². The third-order valence-corrected chi connectivity index (χ3v) is 0.980. The van der Waals surface area contributed by atoms with Crippen molar-refractivity contribution in [1.29, 1.82) is 0 Å². The molecule has 0 rings (SSSR count). The van der Waals surface area contributed by atoms with Gasteiger partial charge < -0.3 is 14.8 Å². The fraction of sp³-hybridized carbons (Fsp3) is 0.833. The van der Waals surface area contributed by atoms with Crippen molar-refractivity contribution in [3.05, 3.63) is 0 Å². The molecular formula is C6H13NO3. The fourth-order valence-corrected chi connectivity index (χ4v) is 0.479. The average Bonchev–Trinajstić information content (AvgIpc) is 1.98. The highest BCUT2D eigenvalue weighted by atomic mass is 16.5. The Morgan fingerprint density at radius 2 is 2.20 bits per heavy atom. The first kappa shape index (κ1) is 9.23. The number of hydrogen-bond donors (Lipinski definition) is 1. The van der Waals surface area contributed by atoms with Crippen molar-refractivity contribution < 1.29 is 14.3 Å². The van der Waals surface area contributed by atoms with Crippen molar-refractivity contribution in [3.8, 4) is 0 Å². The Morgan fingerprint density at radius 3 is 2.70 bits per heavy atom. The molecule has 0 bridgehead atoms. The van der Waals surface area contributed by atoms with Crippen molar-refractivity contribution in [2.45, 2.75) is 6.42 Å². The van der Waals surface area contributed by atoms with E-state index in [1.807, 2.05) is 0 Å². The summed E-state index contributed by atoms with van der Waals surface area (Å²) >= 11 is 0. The summed E-state index contributed by atoms with van der Waals surface area (Å²) in [5.74, 6) is 0. The lowest BCUT2D eigenvalue weighted by Gasteiger charge is -2.01. The van der Waals surface area contributed by atoms with E-state index in [1.54, 1.807) is 7.11 Å². The summed E-state index contributed by atoms with van der Waals surface area (Å²) in [6, 6.07) is 0. The molecule has 0 radical (unpaired) electrons. The van der Waals surface area contributed by atoms with Gasteiger partial charge in [-0.2, -0.15) is 0 Å². The summed E-state index contributed by atoms with van der Waals surface area (Å²) in [7, 11) is 2.96. The number of amides is 1. The Morgan fingerprint density at radius 1 is 1.50 bits per heavy atom. The molecule has 60 valence electrons. The molecule has 10 heavy (non-hydrogen) atoms. The predicted octanol–water partition coefficient (Wildman–Crippen LogP) is 0.379. The van der Waals surface area contributed by atoms with Crippen molar-refractivity contribution >= 4 is 6.09 Å². The van der Waals surface area contributed by atoms with E-state index < -0.39 is 6.09 Å². The van der Waals surface area contributed by atoms with Crippen LogP contribution < -0.4 is 5.32 Å². The maximum absolute atomic E-state index is 10.4. The third kappa shape index (κ3) is 5.37. The van der Waals surface area contributed by atoms with Crippen LogP contribution >= 0.6 is 0 Å². The lowest BCUT2D eigenvalue weighted by atomic mass is 10.4. The zero-order chi connectivity index (χ0) is 7.82. The van der Waals surface area contributed by atoms with Crippen molar-refractivity contribution in [1.82, 2.24) is 5.32 Å². The second kappa shape index (κ2) is 6.35. The van der Waals surface area contributed by atoms with E-state index in [4.69, 9.17) is 4.74 Å². The summed E-state index contributed by atoms with van der Waals surface area (Å²) in [5, 5.41) is 2.53. The van der Waals surface area contributed by atoms with Gasteiger partial charge in [0.25, 0.3) is 0 Å². The molecule has 0 aromatic heterocycles. The Balaban J connectivity index is 2.96. The lowest BCUT2D eigenvalue weighted by Crippen LogP contribution is -2.24. The van der Waals surface area contributed by atoms with E-state index in [0.717, 1.165) is 6.42 Å². The van der Waals surface area contributed by atoms with Gasteiger partial charge in [-0.3, -0.25) is 0 Å². The first-order valence-electron chi connectivity index (χ1n) is 3.12. The molecule has 0 aliphatic carbocycles. The Hall–Kier alpha value is -0.770. The Labute approximate surface area is 60.5 Å². The van der Waals surface area contributed by atoms with Gasteiger partial charge in [-0.05, 0) is 6.42 Å². The summed E-state index contributed by atoms with van der Waals surface area (Å²) in [6.07, 6.45) is 0.419. The summed E-state index contributed by atoms with van der Waals surface area (Å²) in [6.45, 7) is 1.25. The number of alkyl carbamates (subject to hydrolysis) is 1. The molecule has 0 heterocycles. The summed E-state index contributed by atoms with van der Waals surface area (Å²) in [4.78, 5) is 10.4. The van der Waals surface area contributed by atoms with Crippen LogP contribution in [0.4, 0.5) is 4.79 Å². The molecule has 0 saturated heterocycles. The van der Waals surface area contributed by atoms with Crippen LogP contribution in [-0.4, -0.2) is 33.5 Å². The maximum atomic E-state index is 10.4. The van der Waals surface area contributed by atoms with Crippen LogP contribution in [0.2, 0.25) is 0 Å². The van der Waals surface area contributed by atoms with Gasteiger partial charge in [-0.15, -0.1) is 0 Å². The van der Waals surface area contributed by atoms with E-state index >= 15 is 0 Å². The summed E-state index contributed by atoms with van der Waals surface area (Å²) < 4.78 is 9.10. The van der Waals surface area contributed by atoms with Gasteiger partial charge in [0.1, 0.15) is 0 Å². The topological polar surface area (TPSA) is 47.6 Å². The Kier molecular flexibility index (Phi) is 5.86. The molecule has 1 N–H and O–H groups in total. The molecule has 0 atom stereocenters. The predicted molar refractivity (Wildman–Crippen MR) is 36.9 cm³/mol. The molecule has 1 amide bonds. The quantitative estimate of drug-likeness (QED) is 0.585. The number of ether oxygens (including phenoxy) is 2. The minimum absolute atomic E-state index is 0.392. The Bertz CT molecular complexity index is 95.0. The molecule has 0 aromatic rings. The lowest BCUT2D eigenvalue weighted by molar-refractivity contribution is 0.166. The van der Waals surface area contributed by atoms with E-state index in [9.17, 15) is 4.79 Å².